The van der Waals surface area contributed by atoms with Crippen LogP contribution in [-0.4, -0.2) is 66.1 Å². The molecule has 0 fully saturated rings. The van der Waals surface area contributed by atoms with Gasteiger partial charge in [0.15, 0.2) is 33.2 Å². The highest BCUT2D eigenvalue weighted by atomic mass is 32.1. The first-order chi connectivity index (χ1) is 23.8. The zero-order valence-corrected chi connectivity index (χ0v) is 27.5. The Labute approximate surface area is 285 Å². The number of fused-ring (bicyclic) bond motifs is 2. The van der Waals surface area contributed by atoms with E-state index in [1.807, 2.05) is 37.4 Å². The van der Waals surface area contributed by atoms with E-state index in [-0.39, 0.29) is 11.5 Å². The van der Waals surface area contributed by atoms with Crippen molar-refractivity contribution in [2.45, 2.75) is 13.8 Å². The van der Waals surface area contributed by atoms with Gasteiger partial charge in [-0.05, 0) is 62.4 Å². The summed E-state index contributed by atoms with van der Waals surface area (Å²) in [5, 5.41) is 25.5. The predicted octanol–water partition coefficient (Wildman–Crippen LogP) is 5.33. The highest BCUT2D eigenvalue weighted by Crippen LogP contribution is 2.22. The van der Waals surface area contributed by atoms with Crippen molar-refractivity contribution in [1.29, 1.82) is 0 Å². The van der Waals surface area contributed by atoms with Crippen LogP contribution in [0.5, 0.6) is 0 Å². The van der Waals surface area contributed by atoms with Crippen LogP contribution in [0.15, 0.2) is 96.5 Å². The average molecular weight is 691 g/mol. The van der Waals surface area contributed by atoms with Gasteiger partial charge >= 0.3 is 5.97 Å². The molecule has 8 rings (SSSR count). The predicted molar refractivity (Wildman–Crippen MR) is 185 cm³/mol. The van der Waals surface area contributed by atoms with Crippen LogP contribution >= 0.6 is 22.7 Å². The molecule has 8 heterocycles. The highest BCUT2D eigenvalue weighted by molar-refractivity contribution is 7.13. The van der Waals surface area contributed by atoms with Crippen molar-refractivity contribution >= 4 is 56.1 Å². The van der Waals surface area contributed by atoms with E-state index in [9.17, 15) is 9.59 Å². The van der Waals surface area contributed by atoms with Crippen molar-refractivity contribution in [2.75, 3.05) is 11.1 Å². The molecule has 0 spiro atoms. The van der Waals surface area contributed by atoms with E-state index < -0.39 is 5.97 Å². The maximum atomic E-state index is 12.5. The first-order valence-electron chi connectivity index (χ1n) is 14.4. The maximum absolute atomic E-state index is 12.5. The van der Waals surface area contributed by atoms with Gasteiger partial charge in [-0.3, -0.25) is 20.1 Å². The van der Waals surface area contributed by atoms with E-state index in [4.69, 9.17) is 10.8 Å². The summed E-state index contributed by atoms with van der Waals surface area (Å²) in [6.45, 7) is 3.76. The molecule has 0 unspecified atom stereocenters. The van der Waals surface area contributed by atoms with Crippen molar-refractivity contribution in [2.24, 2.45) is 0 Å². The van der Waals surface area contributed by atoms with E-state index in [1.54, 1.807) is 71.3 Å². The van der Waals surface area contributed by atoms with Gasteiger partial charge in [0.1, 0.15) is 5.56 Å². The number of aromatic nitrogens is 10. The zero-order valence-electron chi connectivity index (χ0n) is 25.9. The Hall–Kier alpha value is -6.46. The van der Waals surface area contributed by atoms with Gasteiger partial charge in [-0.1, -0.05) is 0 Å². The third-order valence-corrected chi connectivity index (χ3v) is 8.09. The number of amides is 1. The standard InChI is InChI=1S/C16H12N6OS.C13H10N4O2.C3H4N2S/c1-10-11(4-2-6-17-10)13-19-14-12(5-3-8-22(14)21-13)15(23)20-16-18-7-9-24-16;1-8-9(4-2-6-14-8)11-15-12-10(13(18)19)5-3-7-17(12)16-11;4-3-5-1-2-6-3/h2-9H,1H3,(H,18,20,23);2-7H,1H3,(H,18,19);1-2H,(H2,4,5). The van der Waals surface area contributed by atoms with Crippen LogP contribution < -0.4 is 11.1 Å². The molecule has 244 valence electrons. The summed E-state index contributed by atoms with van der Waals surface area (Å²) in [6, 6.07) is 14.0. The van der Waals surface area contributed by atoms with Crippen molar-refractivity contribution in [3.63, 3.8) is 0 Å². The summed E-state index contributed by atoms with van der Waals surface area (Å²) >= 11 is 2.81. The second kappa shape index (κ2) is 14.5. The fourth-order valence-electron chi connectivity index (χ4n) is 4.51. The lowest BCUT2D eigenvalue weighted by atomic mass is 10.2. The number of aromatic carboxylic acids is 1. The molecular weight excluding hydrogens is 665 g/mol. The van der Waals surface area contributed by atoms with Crippen molar-refractivity contribution in [1.82, 2.24) is 49.1 Å². The first kappa shape index (κ1) is 32.5. The van der Waals surface area contributed by atoms with Gasteiger partial charge in [-0.25, -0.2) is 33.8 Å². The Morgan fingerprint density at radius 1 is 0.714 bits per heavy atom. The summed E-state index contributed by atoms with van der Waals surface area (Å²) in [7, 11) is 0. The van der Waals surface area contributed by atoms with Gasteiger partial charge < -0.3 is 10.8 Å². The Bertz CT molecular complexity index is 2370. The van der Waals surface area contributed by atoms with Gasteiger partial charge in [-0.15, -0.1) is 32.9 Å². The fourth-order valence-corrected chi connectivity index (χ4v) is 5.42. The van der Waals surface area contributed by atoms with E-state index >= 15 is 0 Å². The molecule has 0 bridgehead atoms. The average Bonchev–Trinajstić information content (AvgIpc) is 3.93. The number of aryl methyl sites for hydroxylation is 2. The number of nitrogens with one attached hydrogen (secondary N) is 1. The van der Waals surface area contributed by atoms with Crippen LogP contribution in [0.25, 0.3) is 34.1 Å². The molecule has 0 saturated heterocycles. The van der Waals surface area contributed by atoms with Crippen LogP contribution in [0.1, 0.15) is 32.1 Å². The monoisotopic (exact) mass is 690 g/mol. The number of carboxylic acid groups (broad SMARTS) is 1. The van der Waals surface area contributed by atoms with Crippen LogP contribution in [0.4, 0.5) is 10.3 Å². The summed E-state index contributed by atoms with van der Waals surface area (Å²) in [6.07, 6.45) is 10.2. The number of carbonyl (C=O) groups is 2. The summed E-state index contributed by atoms with van der Waals surface area (Å²) in [4.78, 5) is 48.7. The number of thiazole rings is 2. The Kier molecular flexibility index (Phi) is 9.63. The summed E-state index contributed by atoms with van der Waals surface area (Å²) in [5.74, 6) is -0.278. The maximum Gasteiger partial charge on any atom is 0.339 e. The lowest BCUT2D eigenvalue weighted by molar-refractivity contribution is 0.0698. The number of anilines is 2. The Morgan fingerprint density at radius 2 is 1.27 bits per heavy atom. The van der Waals surface area contributed by atoms with Crippen molar-refractivity contribution < 1.29 is 14.7 Å². The Morgan fingerprint density at radius 3 is 1.73 bits per heavy atom. The normalized spacial score (nSPS) is 10.6. The minimum absolute atomic E-state index is 0.128. The van der Waals surface area contributed by atoms with Gasteiger partial charge in [0.25, 0.3) is 5.91 Å². The number of nitrogens with two attached hydrogens (primary N) is 1. The number of nitrogen functional groups attached to an aromatic ring is 1. The SMILES string of the molecule is Cc1ncccc1-c1nc2c(C(=O)Nc3nccs3)cccn2n1.Cc1ncccc1-c1nc2c(C(=O)O)cccn2n1.Nc1nccs1. The second-order valence-corrected chi connectivity index (χ2v) is 11.8. The molecule has 8 aromatic heterocycles. The molecule has 17 heteroatoms. The first-order valence-corrected chi connectivity index (χ1v) is 16.2. The number of carbonyl (C=O) groups excluding carboxylic acids is 1. The van der Waals surface area contributed by atoms with Crippen LogP contribution in [0.2, 0.25) is 0 Å². The van der Waals surface area contributed by atoms with Crippen LogP contribution in [0, 0.1) is 13.8 Å². The quantitative estimate of drug-likeness (QED) is 0.210. The minimum atomic E-state index is -1.02. The van der Waals surface area contributed by atoms with E-state index in [0.29, 0.717) is 38.8 Å². The van der Waals surface area contributed by atoms with Gasteiger partial charge in [0.05, 0.1) is 5.56 Å². The molecule has 4 N–H and O–H groups in total. The van der Waals surface area contributed by atoms with E-state index in [2.05, 4.69) is 45.4 Å². The highest BCUT2D eigenvalue weighted by Gasteiger charge is 2.17. The molecule has 0 saturated carbocycles. The molecule has 1 amide bonds. The molecule has 49 heavy (non-hydrogen) atoms. The largest absolute Gasteiger partial charge is 0.478 e. The summed E-state index contributed by atoms with van der Waals surface area (Å²) in [5.41, 5.74) is 9.84. The molecule has 0 aliphatic carbocycles. The lowest BCUT2D eigenvalue weighted by Gasteiger charge is -2.02. The molecule has 0 aliphatic rings. The van der Waals surface area contributed by atoms with Crippen molar-refractivity contribution in [3.8, 4) is 22.8 Å². The Balaban J connectivity index is 0.000000148. The van der Waals surface area contributed by atoms with Crippen LogP contribution in [0.3, 0.4) is 0 Å². The van der Waals surface area contributed by atoms with E-state index in [1.165, 1.54) is 33.3 Å². The van der Waals surface area contributed by atoms with Gasteiger partial charge in [-0.2, -0.15) is 0 Å². The smallest absolute Gasteiger partial charge is 0.339 e. The third kappa shape index (κ3) is 7.42. The second-order valence-electron chi connectivity index (χ2n) is 9.99. The molecule has 8 aromatic rings. The zero-order chi connectivity index (χ0) is 34.3. The number of hydrogen-bond acceptors (Lipinski definition) is 13. The minimum Gasteiger partial charge on any atom is -0.478 e. The van der Waals surface area contributed by atoms with Gasteiger partial charge in [0, 0.05) is 70.5 Å². The molecule has 0 aliphatic heterocycles. The number of nitrogens with zero attached hydrogens (tertiary/aromatic N) is 10. The topological polar surface area (TPSA) is 204 Å². The molecule has 0 atom stereocenters. The molecular formula is C32H26N12O3S2. The van der Waals surface area contributed by atoms with Crippen molar-refractivity contribution in [3.05, 3.63) is 119 Å². The van der Waals surface area contributed by atoms with E-state index in [0.717, 1.165) is 22.5 Å². The third-order valence-electron chi connectivity index (χ3n) is 6.80. The number of hydrogen-bond donors (Lipinski definition) is 3. The number of rotatable bonds is 5. The number of pyridine rings is 4. The molecule has 0 radical (unpaired) electrons. The fraction of sp³-hybridized carbons (Fsp3) is 0.0625. The lowest BCUT2D eigenvalue weighted by Crippen LogP contribution is -2.13. The van der Waals surface area contributed by atoms with Gasteiger partial charge in [0.2, 0.25) is 0 Å². The molecule has 15 nitrogen and oxygen atoms in total. The number of carboxylic acids is 1. The summed E-state index contributed by atoms with van der Waals surface area (Å²) < 4.78 is 3.06. The molecule has 0 aromatic carbocycles. The van der Waals surface area contributed by atoms with Crippen LogP contribution in [-0.2, 0) is 0 Å².